The first kappa shape index (κ1) is 18.2. The number of hydrogen-bond acceptors (Lipinski definition) is 4. The van der Waals surface area contributed by atoms with Gasteiger partial charge in [-0.3, -0.25) is 4.18 Å². The largest absolute Gasteiger partial charge is 0.460 e. The highest BCUT2D eigenvalue weighted by molar-refractivity contribution is 7.81. The van der Waals surface area contributed by atoms with Gasteiger partial charge in [0.15, 0.2) is 0 Å². The molecule has 0 saturated carbocycles. The van der Waals surface area contributed by atoms with Gasteiger partial charge in [-0.25, -0.2) is 0 Å². The van der Waals surface area contributed by atoms with Crippen molar-refractivity contribution >= 4 is 10.4 Å². The molecule has 0 radical (unpaired) electrons. The first-order chi connectivity index (χ1) is 8.02. The second-order valence-electron chi connectivity index (χ2n) is 2.82. The van der Waals surface area contributed by atoms with Gasteiger partial charge in [0.1, 0.15) is 0 Å². The molecule has 0 heterocycles. The molecule has 116 valence electrons. The van der Waals surface area contributed by atoms with Crippen LogP contribution in [0.15, 0.2) is 0 Å². The van der Waals surface area contributed by atoms with E-state index in [4.69, 9.17) is 0 Å². The maximum absolute atomic E-state index is 12.5. The van der Waals surface area contributed by atoms with Gasteiger partial charge in [0, 0.05) is 0 Å². The maximum atomic E-state index is 12.5. The number of alkyl halides is 9. The van der Waals surface area contributed by atoms with Crippen LogP contribution < -0.4 is 0 Å². The summed E-state index contributed by atoms with van der Waals surface area (Å²) in [6.45, 7) is 0. The Balaban J connectivity index is 5.65. The van der Waals surface area contributed by atoms with Gasteiger partial charge in [0.2, 0.25) is 0 Å². The summed E-state index contributed by atoms with van der Waals surface area (Å²) >= 11 is 0. The molecule has 0 rings (SSSR count). The monoisotopic (exact) mass is 330 g/mol. The lowest BCUT2D eigenvalue weighted by atomic mass is 10.1. The van der Waals surface area contributed by atoms with Crippen molar-refractivity contribution in [2.75, 3.05) is 7.11 Å². The quantitative estimate of drug-likeness (QED) is 0.726. The van der Waals surface area contributed by atoms with E-state index in [2.05, 4.69) is 8.37 Å². The molecule has 19 heavy (non-hydrogen) atoms. The summed E-state index contributed by atoms with van der Waals surface area (Å²) in [4.78, 5) is 0. The van der Waals surface area contributed by atoms with Gasteiger partial charge in [-0.05, 0) is 0 Å². The Morgan fingerprint density at radius 3 is 1.42 bits per heavy atom. The van der Waals surface area contributed by atoms with Gasteiger partial charge >= 0.3 is 34.5 Å². The Hall–Kier alpha value is -0.760. The molecular weight excluding hydrogens is 327 g/mol. The molecule has 0 aromatic heterocycles. The predicted octanol–water partition coefficient (Wildman–Crippen LogP) is 2.32. The Labute approximate surface area is 99.0 Å². The zero-order valence-corrected chi connectivity index (χ0v) is 9.26. The molecule has 0 bridgehead atoms. The first-order valence-corrected chi connectivity index (χ1v) is 5.06. The Kier molecular flexibility index (Phi) is 4.47. The maximum Gasteiger partial charge on any atom is 0.460 e. The number of rotatable bonds is 5. The fourth-order valence-electron chi connectivity index (χ4n) is 0.575. The van der Waals surface area contributed by atoms with E-state index in [-0.39, 0.29) is 7.11 Å². The number of halogens is 9. The van der Waals surface area contributed by atoms with Gasteiger partial charge in [-0.2, -0.15) is 52.1 Å². The van der Waals surface area contributed by atoms with Crippen molar-refractivity contribution in [1.29, 1.82) is 0 Å². The molecule has 0 aromatic rings. The lowest BCUT2D eigenvalue weighted by molar-refractivity contribution is -0.428. The van der Waals surface area contributed by atoms with Crippen molar-refractivity contribution in [3.05, 3.63) is 0 Å². The smallest absolute Gasteiger partial charge is 0.251 e. The topological polar surface area (TPSA) is 52.6 Å². The highest BCUT2D eigenvalue weighted by Crippen LogP contribution is 2.53. The Morgan fingerprint density at radius 2 is 1.16 bits per heavy atom. The van der Waals surface area contributed by atoms with Gasteiger partial charge in [0.25, 0.3) is 0 Å². The third-order valence-corrected chi connectivity index (χ3v) is 2.35. The predicted molar refractivity (Wildman–Crippen MR) is 37.9 cm³/mol. The van der Waals surface area contributed by atoms with Crippen LogP contribution in [0.3, 0.4) is 0 Å². The highest BCUT2D eigenvalue weighted by atomic mass is 32.3. The molecule has 4 nitrogen and oxygen atoms in total. The van der Waals surface area contributed by atoms with Crippen LogP contribution in [0.25, 0.3) is 0 Å². The van der Waals surface area contributed by atoms with Crippen molar-refractivity contribution in [3.8, 4) is 0 Å². The lowest BCUT2D eigenvalue weighted by Crippen LogP contribution is -2.62. The van der Waals surface area contributed by atoms with Crippen LogP contribution in [0.1, 0.15) is 0 Å². The molecule has 0 aliphatic rings. The minimum atomic E-state index is -7.24. The third kappa shape index (κ3) is 3.22. The average molecular weight is 330 g/mol. The third-order valence-electron chi connectivity index (χ3n) is 1.53. The van der Waals surface area contributed by atoms with E-state index in [9.17, 15) is 47.9 Å². The molecule has 0 aliphatic carbocycles. The van der Waals surface area contributed by atoms with Crippen molar-refractivity contribution in [2.45, 2.75) is 24.1 Å². The summed E-state index contributed by atoms with van der Waals surface area (Å²) in [7, 11) is -5.78. The molecule has 14 heteroatoms. The molecule has 0 atom stereocenters. The van der Waals surface area contributed by atoms with E-state index in [0.717, 1.165) is 0 Å². The minimum absolute atomic E-state index is 0.117. The van der Waals surface area contributed by atoms with Crippen LogP contribution in [-0.4, -0.2) is 39.7 Å². The zero-order valence-electron chi connectivity index (χ0n) is 8.44. The van der Waals surface area contributed by atoms with E-state index in [0.29, 0.717) is 0 Å². The summed E-state index contributed by atoms with van der Waals surface area (Å²) in [5.41, 5.74) is 0. The van der Waals surface area contributed by atoms with Crippen LogP contribution in [0.4, 0.5) is 39.5 Å². The van der Waals surface area contributed by atoms with Crippen LogP contribution in [0, 0.1) is 0 Å². The fraction of sp³-hybridized carbons (Fsp3) is 1.00. The van der Waals surface area contributed by atoms with E-state index >= 15 is 0 Å². The summed E-state index contributed by atoms with van der Waals surface area (Å²) in [6, 6.07) is 0. The molecular formula is C5H3F9O4S. The molecule has 0 aromatic carbocycles. The number of hydrogen-bond donors (Lipinski definition) is 0. The van der Waals surface area contributed by atoms with Gasteiger partial charge < -0.3 is 0 Å². The molecule has 0 aliphatic heterocycles. The van der Waals surface area contributed by atoms with Crippen molar-refractivity contribution in [1.82, 2.24) is 0 Å². The Morgan fingerprint density at radius 1 is 0.789 bits per heavy atom. The van der Waals surface area contributed by atoms with Crippen LogP contribution in [0.5, 0.6) is 0 Å². The van der Waals surface area contributed by atoms with Gasteiger partial charge in [-0.1, -0.05) is 0 Å². The van der Waals surface area contributed by atoms with Crippen LogP contribution in [0.2, 0.25) is 0 Å². The van der Waals surface area contributed by atoms with E-state index < -0.39 is 34.5 Å². The van der Waals surface area contributed by atoms with Gasteiger partial charge in [-0.15, -0.1) is 0 Å². The summed E-state index contributed by atoms with van der Waals surface area (Å²) < 4.78 is 135. The zero-order chi connectivity index (χ0) is 15.9. The molecule has 0 unspecified atom stereocenters. The van der Waals surface area contributed by atoms with Crippen molar-refractivity contribution in [3.63, 3.8) is 0 Å². The average Bonchev–Trinajstić information content (AvgIpc) is 2.13. The van der Waals surface area contributed by atoms with E-state index in [1.165, 1.54) is 0 Å². The van der Waals surface area contributed by atoms with Crippen molar-refractivity contribution < 1.29 is 56.3 Å². The summed E-state index contributed by atoms with van der Waals surface area (Å²) in [6.07, 6.45) is -13.8. The molecule has 0 fully saturated rings. The SMILES string of the molecule is COS(=O)(=O)OC(F)(F)C(F)(F)C(F)(F)C(F)(F)F. The van der Waals surface area contributed by atoms with E-state index in [1.807, 2.05) is 0 Å². The molecule has 0 amide bonds. The van der Waals surface area contributed by atoms with Gasteiger partial charge in [0.05, 0.1) is 7.11 Å². The molecule has 0 spiro atoms. The molecule has 0 saturated heterocycles. The summed E-state index contributed by atoms with van der Waals surface area (Å²) in [5.74, 6) is -14.4. The minimum Gasteiger partial charge on any atom is -0.251 e. The standard InChI is InChI=1S/C5H3F9O4S/c1-17-19(15,16)18-5(13,14)3(8,9)2(6,7)4(10,11)12/h1H3. The lowest BCUT2D eigenvalue weighted by Gasteiger charge is -2.32. The van der Waals surface area contributed by atoms with E-state index in [1.54, 1.807) is 0 Å². The Bertz CT molecular complexity index is 424. The summed E-state index contributed by atoms with van der Waals surface area (Å²) in [5, 5.41) is 0. The second kappa shape index (κ2) is 4.66. The van der Waals surface area contributed by atoms with Crippen molar-refractivity contribution in [2.24, 2.45) is 0 Å². The molecule has 0 N–H and O–H groups in total. The van der Waals surface area contributed by atoms with Crippen LogP contribution in [-0.2, 0) is 18.8 Å². The first-order valence-electron chi connectivity index (χ1n) is 3.73. The highest BCUT2D eigenvalue weighted by Gasteiger charge is 2.83. The normalized spacial score (nSPS) is 15.7. The fourth-order valence-corrected chi connectivity index (χ4v) is 1.00. The second-order valence-corrected chi connectivity index (χ2v) is 4.14. The van der Waals surface area contributed by atoms with Crippen LogP contribution >= 0.6 is 0 Å².